The molecule has 0 saturated heterocycles. The molecule has 0 spiro atoms. The van der Waals surface area contributed by atoms with Gasteiger partial charge >= 0.3 is 11.8 Å². The standard InChI is InChI=1S/C12H14IN3O3/c1-2-14-10(17)7-15-11(18)12(19)16-9-6-4-3-5-8(9)13/h3-6H,2,7H2,1H3,(H,14,17)(H,15,18)(H,16,19). The van der Waals surface area contributed by atoms with Crippen LogP contribution in [0.15, 0.2) is 24.3 Å². The van der Waals surface area contributed by atoms with E-state index >= 15 is 0 Å². The Bertz CT molecular complexity index is 491. The molecule has 6 nitrogen and oxygen atoms in total. The average Bonchev–Trinajstić information content (AvgIpc) is 2.39. The lowest BCUT2D eigenvalue weighted by molar-refractivity contribution is -0.136. The molecular formula is C12H14IN3O3. The molecule has 0 atom stereocenters. The van der Waals surface area contributed by atoms with Crippen molar-refractivity contribution in [3.8, 4) is 0 Å². The summed E-state index contributed by atoms with van der Waals surface area (Å²) in [6.07, 6.45) is 0. The number of rotatable bonds is 4. The van der Waals surface area contributed by atoms with Gasteiger partial charge in [-0.2, -0.15) is 0 Å². The zero-order chi connectivity index (χ0) is 14.3. The minimum Gasteiger partial charge on any atom is -0.355 e. The van der Waals surface area contributed by atoms with Crippen LogP contribution < -0.4 is 16.0 Å². The van der Waals surface area contributed by atoms with Crippen molar-refractivity contribution in [2.45, 2.75) is 6.92 Å². The van der Waals surface area contributed by atoms with E-state index in [9.17, 15) is 14.4 Å². The van der Waals surface area contributed by atoms with E-state index < -0.39 is 11.8 Å². The molecule has 1 aromatic rings. The minimum atomic E-state index is -0.842. The third kappa shape index (κ3) is 5.25. The Hall–Kier alpha value is -1.64. The monoisotopic (exact) mass is 375 g/mol. The third-order valence-corrected chi connectivity index (χ3v) is 3.05. The Morgan fingerprint density at radius 1 is 1.11 bits per heavy atom. The van der Waals surface area contributed by atoms with Crippen molar-refractivity contribution in [2.24, 2.45) is 0 Å². The van der Waals surface area contributed by atoms with E-state index in [1.165, 1.54) is 0 Å². The highest BCUT2D eigenvalue weighted by Gasteiger charge is 2.15. The number of benzene rings is 1. The second-order valence-electron chi connectivity index (χ2n) is 3.57. The minimum absolute atomic E-state index is 0.216. The number of hydrogen-bond donors (Lipinski definition) is 3. The summed E-state index contributed by atoms with van der Waals surface area (Å²) in [7, 11) is 0. The molecule has 0 aromatic heterocycles. The van der Waals surface area contributed by atoms with Crippen molar-refractivity contribution in [1.82, 2.24) is 10.6 Å². The van der Waals surface area contributed by atoms with Gasteiger partial charge in [0.15, 0.2) is 0 Å². The van der Waals surface area contributed by atoms with Crippen LogP contribution in [0.25, 0.3) is 0 Å². The van der Waals surface area contributed by atoms with Gasteiger partial charge in [-0.15, -0.1) is 0 Å². The summed E-state index contributed by atoms with van der Waals surface area (Å²) in [6, 6.07) is 7.08. The lowest BCUT2D eigenvalue weighted by atomic mass is 10.3. The topological polar surface area (TPSA) is 87.3 Å². The Morgan fingerprint density at radius 2 is 1.79 bits per heavy atom. The first-order valence-corrected chi connectivity index (χ1v) is 6.73. The van der Waals surface area contributed by atoms with Gasteiger partial charge in [0.1, 0.15) is 0 Å². The van der Waals surface area contributed by atoms with Gasteiger partial charge in [0.25, 0.3) is 0 Å². The van der Waals surface area contributed by atoms with Crippen LogP contribution in [0.4, 0.5) is 5.69 Å². The molecule has 0 heterocycles. The predicted molar refractivity (Wildman–Crippen MR) is 79.5 cm³/mol. The molecule has 102 valence electrons. The number of amides is 3. The quantitative estimate of drug-likeness (QED) is 0.529. The fourth-order valence-electron chi connectivity index (χ4n) is 1.24. The molecule has 0 saturated carbocycles. The van der Waals surface area contributed by atoms with Crippen LogP contribution >= 0.6 is 22.6 Å². The molecule has 0 aliphatic carbocycles. The molecule has 7 heteroatoms. The summed E-state index contributed by atoms with van der Waals surface area (Å²) in [4.78, 5) is 34.2. The van der Waals surface area contributed by atoms with Crippen LogP contribution in [-0.4, -0.2) is 30.8 Å². The summed E-state index contributed by atoms with van der Waals surface area (Å²) in [5.41, 5.74) is 0.557. The molecule has 3 amide bonds. The second kappa shape index (κ2) is 7.72. The van der Waals surface area contributed by atoms with E-state index in [2.05, 4.69) is 16.0 Å². The molecule has 0 radical (unpaired) electrons. The Labute approximate surface area is 124 Å². The fourth-order valence-corrected chi connectivity index (χ4v) is 1.76. The number of carbonyl (C=O) groups is 3. The van der Waals surface area contributed by atoms with Gasteiger partial charge < -0.3 is 16.0 Å². The number of anilines is 1. The van der Waals surface area contributed by atoms with Crippen molar-refractivity contribution < 1.29 is 14.4 Å². The summed E-state index contributed by atoms with van der Waals surface area (Å²) in [5.74, 6) is -1.97. The summed E-state index contributed by atoms with van der Waals surface area (Å²) < 4.78 is 0.824. The van der Waals surface area contributed by atoms with Crippen LogP contribution in [0.2, 0.25) is 0 Å². The lowest BCUT2D eigenvalue weighted by Crippen LogP contribution is -2.41. The molecule has 0 fully saturated rings. The second-order valence-corrected chi connectivity index (χ2v) is 4.73. The molecule has 1 aromatic carbocycles. The number of nitrogens with one attached hydrogen (secondary N) is 3. The Morgan fingerprint density at radius 3 is 2.42 bits per heavy atom. The van der Waals surface area contributed by atoms with Crippen molar-refractivity contribution in [2.75, 3.05) is 18.4 Å². The van der Waals surface area contributed by atoms with E-state index in [1.807, 2.05) is 34.7 Å². The van der Waals surface area contributed by atoms with Crippen LogP contribution in [0, 0.1) is 3.57 Å². The Kier molecular flexibility index (Phi) is 6.26. The van der Waals surface area contributed by atoms with Crippen LogP contribution in [0.5, 0.6) is 0 Å². The summed E-state index contributed by atoms with van der Waals surface area (Å²) in [5, 5.41) is 7.23. The highest BCUT2D eigenvalue weighted by atomic mass is 127. The predicted octanol–water partition coefficient (Wildman–Crippen LogP) is 0.482. The maximum absolute atomic E-state index is 11.6. The smallest absolute Gasteiger partial charge is 0.313 e. The van der Waals surface area contributed by atoms with E-state index in [1.54, 1.807) is 19.1 Å². The first kappa shape index (κ1) is 15.4. The van der Waals surface area contributed by atoms with Crippen LogP contribution in [-0.2, 0) is 14.4 Å². The van der Waals surface area contributed by atoms with Crippen molar-refractivity contribution >= 4 is 46.0 Å². The maximum atomic E-state index is 11.6. The lowest BCUT2D eigenvalue weighted by Gasteiger charge is -2.07. The molecular weight excluding hydrogens is 361 g/mol. The molecule has 0 aliphatic heterocycles. The van der Waals surface area contributed by atoms with Gasteiger partial charge in [-0.05, 0) is 41.6 Å². The summed E-state index contributed by atoms with van der Waals surface area (Å²) in [6.45, 7) is 2.03. The SMILES string of the molecule is CCNC(=O)CNC(=O)C(=O)Nc1ccccc1I. The first-order valence-electron chi connectivity index (χ1n) is 5.65. The van der Waals surface area contributed by atoms with Gasteiger partial charge in [-0.1, -0.05) is 12.1 Å². The summed E-state index contributed by atoms with van der Waals surface area (Å²) >= 11 is 2.05. The van der Waals surface area contributed by atoms with Crippen LogP contribution in [0.3, 0.4) is 0 Å². The van der Waals surface area contributed by atoms with E-state index in [0.29, 0.717) is 12.2 Å². The Balaban J connectivity index is 2.48. The molecule has 19 heavy (non-hydrogen) atoms. The van der Waals surface area contributed by atoms with Gasteiger partial charge in [0.05, 0.1) is 12.2 Å². The third-order valence-electron chi connectivity index (χ3n) is 2.11. The van der Waals surface area contributed by atoms with E-state index in [0.717, 1.165) is 3.57 Å². The normalized spacial score (nSPS) is 9.58. The zero-order valence-corrected chi connectivity index (χ0v) is 12.5. The largest absolute Gasteiger partial charge is 0.355 e. The van der Waals surface area contributed by atoms with Crippen molar-refractivity contribution in [1.29, 1.82) is 0 Å². The highest BCUT2D eigenvalue weighted by molar-refractivity contribution is 14.1. The van der Waals surface area contributed by atoms with E-state index in [-0.39, 0.29) is 12.5 Å². The zero-order valence-electron chi connectivity index (χ0n) is 10.3. The molecule has 1 rings (SSSR count). The van der Waals surface area contributed by atoms with E-state index in [4.69, 9.17) is 0 Å². The molecule has 0 aliphatic rings. The fraction of sp³-hybridized carbons (Fsp3) is 0.250. The number of halogens is 1. The van der Waals surface area contributed by atoms with Gasteiger partial charge in [-0.25, -0.2) is 0 Å². The van der Waals surface area contributed by atoms with Crippen molar-refractivity contribution in [3.63, 3.8) is 0 Å². The number of likely N-dealkylation sites (N-methyl/N-ethyl adjacent to an activating group) is 1. The number of para-hydroxylation sites is 1. The van der Waals surface area contributed by atoms with Gasteiger partial charge in [0, 0.05) is 10.1 Å². The number of carbonyl (C=O) groups excluding carboxylic acids is 3. The van der Waals surface area contributed by atoms with Crippen molar-refractivity contribution in [3.05, 3.63) is 27.8 Å². The maximum Gasteiger partial charge on any atom is 0.313 e. The molecule has 0 unspecified atom stereocenters. The van der Waals surface area contributed by atoms with Crippen LogP contribution in [0.1, 0.15) is 6.92 Å². The van der Waals surface area contributed by atoms with Gasteiger partial charge in [-0.3, -0.25) is 14.4 Å². The molecule has 3 N–H and O–H groups in total. The van der Waals surface area contributed by atoms with Gasteiger partial charge in [0.2, 0.25) is 5.91 Å². The number of hydrogen-bond acceptors (Lipinski definition) is 3. The highest BCUT2D eigenvalue weighted by Crippen LogP contribution is 2.16. The average molecular weight is 375 g/mol. The first-order chi connectivity index (χ1) is 9.04. The molecule has 0 bridgehead atoms.